The maximum absolute atomic E-state index is 12.9. The molecular formula is C18H20N2O3S. The Kier molecular flexibility index (Phi) is 4.97. The first-order chi connectivity index (χ1) is 11.6. The van der Waals surface area contributed by atoms with Crippen molar-refractivity contribution in [3.8, 4) is 0 Å². The summed E-state index contributed by atoms with van der Waals surface area (Å²) in [6, 6.07) is 15.4. The van der Waals surface area contributed by atoms with E-state index in [1.54, 1.807) is 30.3 Å². The fourth-order valence-electron chi connectivity index (χ4n) is 2.84. The quantitative estimate of drug-likeness (QED) is 0.927. The molecule has 1 aliphatic rings. The summed E-state index contributed by atoms with van der Waals surface area (Å²) in [5.41, 5.74) is 0.805. The Hall–Kier alpha value is -2.18. The van der Waals surface area contributed by atoms with Crippen molar-refractivity contribution in [2.75, 3.05) is 18.4 Å². The van der Waals surface area contributed by atoms with Crippen molar-refractivity contribution >= 4 is 21.6 Å². The number of nitrogens with zero attached hydrogens (tertiary/aromatic N) is 1. The van der Waals surface area contributed by atoms with Gasteiger partial charge >= 0.3 is 0 Å². The van der Waals surface area contributed by atoms with Crippen LogP contribution >= 0.6 is 0 Å². The predicted octanol–water partition coefficient (Wildman–Crippen LogP) is 3.11. The number of rotatable bonds is 4. The largest absolute Gasteiger partial charge is 0.322 e. The zero-order chi connectivity index (χ0) is 17.0. The number of anilines is 1. The van der Waals surface area contributed by atoms with Gasteiger partial charge in [-0.2, -0.15) is 4.31 Å². The molecule has 5 nitrogen and oxygen atoms in total. The lowest BCUT2D eigenvalue weighted by molar-refractivity contribution is 0.102. The molecule has 1 aliphatic heterocycles. The molecule has 0 bridgehead atoms. The second-order valence-corrected chi connectivity index (χ2v) is 7.69. The second-order valence-electron chi connectivity index (χ2n) is 5.78. The van der Waals surface area contributed by atoms with Crippen LogP contribution in [0.25, 0.3) is 0 Å². The Morgan fingerprint density at radius 2 is 1.50 bits per heavy atom. The highest BCUT2D eigenvalue weighted by atomic mass is 32.2. The number of para-hydroxylation sites is 1. The highest BCUT2D eigenvalue weighted by Gasteiger charge is 2.29. The summed E-state index contributed by atoms with van der Waals surface area (Å²) in [6.45, 7) is 1.02. The van der Waals surface area contributed by atoms with Crippen molar-refractivity contribution in [2.24, 2.45) is 0 Å². The molecule has 0 aliphatic carbocycles. The smallest absolute Gasteiger partial charge is 0.257 e. The van der Waals surface area contributed by atoms with Gasteiger partial charge in [0.15, 0.2) is 0 Å². The highest BCUT2D eigenvalue weighted by molar-refractivity contribution is 7.89. The third kappa shape index (κ3) is 3.49. The summed E-state index contributed by atoms with van der Waals surface area (Å²) in [6.07, 6.45) is 2.76. The van der Waals surface area contributed by atoms with E-state index in [2.05, 4.69) is 5.32 Å². The minimum absolute atomic E-state index is 0.0698. The fraction of sp³-hybridized carbons (Fsp3) is 0.278. The molecule has 3 rings (SSSR count). The summed E-state index contributed by atoms with van der Waals surface area (Å²) in [5, 5.41) is 2.75. The van der Waals surface area contributed by atoms with Crippen LogP contribution in [0.15, 0.2) is 59.5 Å². The van der Waals surface area contributed by atoms with E-state index in [1.807, 2.05) is 18.2 Å². The molecule has 0 radical (unpaired) electrons. The van der Waals surface area contributed by atoms with Gasteiger partial charge in [0, 0.05) is 18.8 Å². The lowest BCUT2D eigenvalue weighted by Gasteiger charge is -2.26. The van der Waals surface area contributed by atoms with E-state index in [1.165, 1.54) is 10.4 Å². The van der Waals surface area contributed by atoms with Crippen molar-refractivity contribution < 1.29 is 13.2 Å². The van der Waals surface area contributed by atoms with Crippen LogP contribution in [0.4, 0.5) is 5.69 Å². The van der Waals surface area contributed by atoms with Crippen molar-refractivity contribution in [2.45, 2.75) is 24.2 Å². The molecule has 1 heterocycles. The van der Waals surface area contributed by atoms with E-state index in [0.29, 0.717) is 18.8 Å². The number of nitrogens with one attached hydrogen (secondary N) is 1. The van der Waals surface area contributed by atoms with Crippen LogP contribution in [-0.2, 0) is 10.0 Å². The van der Waals surface area contributed by atoms with E-state index in [9.17, 15) is 13.2 Å². The van der Waals surface area contributed by atoms with E-state index >= 15 is 0 Å². The van der Waals surface area contributed by atoms with E-state index in [-0.39, 0.29) is 10.5 Å². The minimum atomic E-state index is -3.66. The number of piperidine rings is 1. The van der Waals surface area contributed by atoms with Gasteiger partial charge in [0.05, 0.1) is 10.5 Å². The maximum Gasteiger partial charge on any atom is 0.257 e. The van der Waals surface area contributed by atoms with Gasteiger partial charge < -0.3 is 5.32 Å². The summed E-state index contributed by atoms with van der Waals surface area (Å²) in [4.78, 5) is 12.6. The molecule has 0 aromatic heterocycles. The first-order valence-corrected chi connectivity index (χ1v) is 9.48. The molecule has 0 unspecified atom stereocenters. The van der Waals surface area contributed by atoms with Crippen molar-refractivity contribution in [1.29, 1.82) is 0 Å². The van der Waals surface area contributed by atoms with Gasteiger partial charge in [-0.1, -0.05) is 36.8 Å². The zero-order valence-electron chi connectivity index (χ0n) is 13.3. The molecule has 2 aromatic rings. The Balaban J connectivity index is 1.91. The molecule has 126 valence electrons. The van der Waals surface area contributed by atoms with Crippen LogP contribution in [-0.4, -0.2) is 31.7 Å². The molecular weight excluding hydrogens is 324 g/mol. The average molecular weight is 344 g/mol. The Bertz CT molecular complexity index is 813. The average Bonchev–Trinajstić information content (AvgIpc) is 2.63. The second kappa shape index (κ2) is 7.15. The molecule has 24 heavy (non-hydrogen) atoms. The van der Waals surface area contributed by atoms with Crippen LogP contribution < -0.4 is 5.32 Å². The van der Waals surface area contributed by atoms with Crippen LogP contribution in [0.2, 0.25) is 0 Å². The molecule has 1 saturated heterocycles. The molecule has 0 atom stereocenters. The lowest BCUT2D eigenvalue weighted by atomic mass is 10.2. The monoisotopic (exact) mass is 344 g/mol. The summed E-state index contributed by atoms with van der Waals surface area (Å²) < 4.78 is 27.3. The van der Waals surface area contributed by atoms with Crippen LogP contribution in [0.5, 0.6) is 0 Å². The SMILES string of the molecule is O=C(Nc1ccccc1)c1ccccc1S(=O)(=O)N1CCCCC1. The number of hydrogen-bond donors (Lipinski definition) is 1. The number of hydrogen-bond acceptors (Lipinski definition) is 3. The number of benzene rings is 2. The molecule has 6 heteroatoms. The number of sulfonamides is 1. The Labute approximate surface area is 142 Å². The third-order valence-electron chi connectivity index (χ3n) is 4.10. The third-order valence-corrected chi connectivity index (χ3v) is 6.05. The van der Waals surface area contributed by atoms with Gasteiger partial charge in [-0.25, -0.2) is 8.42 Å². The number of carbonyl (C=O) groups is 1. The maximum atomic E-state index is 12.9. The summed E-state index contributed by atoms with van der Waals surface area (Å²) in [5.74, 6) is -0.419. The van der Waals surface area contributed by atoms with Crippen molar-refractivity contribution in [3.05, 3.63) is 60.2 Å². The standard InChI is InChI=1S/C18H20N2O3S/c21-18(19-15-9-3-1-4-10-15)16-11-5-6-12-17(16)24(22,23)20-13-7-2-8-14-20/h1,3-6,9-12H,2,7-8,13-14H2,(H,19,21). The van der Waals surface area contributed by atoms with E-state index < -0.39 is 15.9 Å². The fourth-order valence-corrected chi connectivity index (χ4v) is 4.55. The summed E-state index contributed by atoms with van der Waals surface area (Å²) >= 11 is 0. The van der Waals surface area contributed by atoms with Crippen LogP contribution in [0, 0.1) is 0 Å². The van der Waals surface area contributed by atoms with Gasteiger partial charge in [-0.15, -0.1) is 0 Å². The molecule has 0 saturated carbocycles. The van der Waals surface area contributed by atoms with Gasteiger partial charge in [-0.05, 0) is 37.1 Å². The predicted molar refractivity (Wildman–Crippen MR) is 93.4 cm³/mol. The van der Waals surface area contributed by atoms with Gasteiger partial charge in [-0.3, -0.25) is 4.79 Å². The van der Waals surface area contributed by atoms with Crippen molar-refractivity contribution in [1.82, 2.24) is 4.31 Å². The molecule has 1 amide bonds. The van der Waals surface area contributed by atoms with E-state index in [0.717, 1.165) is 19.3 Å². The summed E-state index contributed by atoms with van der Waals surface area (Å²) in [7, 11) is -3.66. The van der Waals surface area contributed by atoms with Crippen LogP contribution in [0.3, 0.4) is 0 Å². The minimum Gasteiger partial charge on any atom is -0.322 e. The highest BCUT2D eigenvalue weighted by Crippen LogP contribution is 2.24. The lowest BCUT2D eigenvalue weighted by Crippen LogP contribution is -2.36. The van der Waals surface area contributed by atoms with Gasteiger partial charge in [0.1, 0.15) is 0 Å². The molecule has 2 aromatic carbocycles. The van der Waals surface area contributed by atoms with Gasteiger partial charge in [0.2, 0.25) is 10.0 Å². The molecule has 1 fully saturated rings. The first-order valence-electron chi connectivity index (χ1n) is 8.04. The Morgan fingerprint density at radius 3 is 2.21 bits per heavy atom. The zero-order valence-corrected chi connectivity index (χ0v) is 14.1. The molecule has 0 spiro atoms. The Morgan fingerprint density at radius 1 is 0.875 bits per heavy atom. The number of amides is 1. The molecule has 1 N–H and O–H groups in total. The normalized spacial score (nSPS) is 15.8. The van der Waals surface area contributed by atoms with Crippen molar-refractivity contribution in [3.63, 3.8) is 0 Å². The number of carbonyl (C=O) groups excluding carboxylic acids is 1. The van der Waals surface area contributed by atoms with E-state index in [4.69, 9.17) is 0 Å². The topological polar surface area (TPSA) is 66.5 Å². The first kappa shape index (κ1) is 16.7. The van der Waals surface area contributed by atoms with Gasteiger partial charge in [0.25, 0.3) is 5.91 Å². The van der Waals surface area contributed by atoms with Crippen LogP contribution in [0.1, 0.15) is 29.6 Å².